The molecular weight excluding hydrogens is 310 g/mol. The Morgan fingerprint density at radius 1 is 1.04 bits per heavy atom. The van der Waals surface area contributed by atoms with Crippen LogP contribution in [0, 0.1) is 0 Å². The molecule has 3 rings (SSSR count). The van der Waals surface area contributed by atoms with Gasteiger partial charge in [-0.15, -0.1) is 0 Å². The molecule has 1 heterocycles. The van der Waals surface area contributed by atoms with Gasteiger partial charge in [0.2, 0.25) is 11.7 Å². The summed E-state index contributed by atoms with van der Waals surface area (Å²) in [5.41, 5.74) is 8.03. The number of amides is 1. The highest BCUT2D eigenvalue weighted by Crippen LogP contribution is 2.39. The Kier molecular flexibility index (Phi) is 3.99. The van der Waals surface area contributed by atoms with Crippen molar-refractivity contribution in [2.24, 2.45) is 5.73 Å². The second-order valence-corrected chi connectivity index (χ2v) is 5.07. The second kappa shape index (κ2) is 6.11. The molecule has 1 amide bonds. The van der Waals surface area contributed by atoms with Crippen LogP contribution in [0.2, 0.25) is 0 Å². The number of carbonyl (C=O) groups excluding carboxylic acids is 1. The molecule has 0 saturated carbocycles. The third-order valence-corrected chi connectivity index (χ3v) is 3.76. The SMILES string of the molecule is COc1cc(-n2cnc3ccc(C(N)=O)cc32)cc(OC)c1OC. The highest BCUT2D eigenvalue weighted by Gasteiger charge is 2.16. The van der Waals surface area contributed by atoms with Crippen LogP contribution in [-0.4, -0.2) is 36.8 Å². The molecule has 2 aromatic carbocycles. The lowest BCUT2D eigenvalue weighted by molar-refractivity contribution is 0.100. The minimum Gasteiger partial charge on any atom is -0.493 e. The molecule has 0 atom stereocenters. The summed E-state index contributed by atoms with van der Waals surface area (Å²) in [4.78, 5) is 15.8. The maximum absolute atomic E-state index is 11.4. The lowest BCUT2D eigenvalue weighted by Crippen LogP contribution is -2.10. The van der Waals surface area contributed by atoms with Crippen molar-refractivity contribution in [3.05, 3.63) is 42.2 Å². The van der Waals surface area contributed by atoms with Gasteiger partial charge in [0.05, 0.1) is 38.1 Å². The number of rotatable bonds is 5. The van der Waals surface area contributed by atoms with Gasteiger partial charge in [-0.3, -0.25) is 9.36 Å². The molecule has 1 aromatic heterocycles. The quantitative estimate of drug-likeness (QED) is 0.775. The van der Waals surface area contributed by atoms with E-state index in [2.05, 4.69) is 4.98 Å². The van der Waals surface area contributed by atoms with Gasteiger partial charge in [0, 0.05) is 17.7 Å². The first kappa shape index (κ1) is 15.7. The molecule has 2 N–H and O–H groups in total. The summed E-state index contributed by atoms with van der Waals surface area (Å²) in [6, 6.07) is 8.72. The Hall–Kier alpha value is -3.22. The van der Waals surface area contributed by atoms with Crippen molar-refractivity contribution in [1.82, 2.24) is 9.55 Å². The molecular formula is C17H17N3O4. The smallest absolute Gasteiger partial charge is 0.248 e. The number of methoxy groups -OCH3 is 3. The molecule has 0 spiro atoms. The molecule has 0 radical (unpaired) electrons. The summed E-state index contributed by atoms with van der Waals surface area (Å²) >= 11 is 0. The van der Waals surface area contributed by atoms with Crippen molar-refractivity contribution < 1.29 is 19.0 Å². The minimum absolute atomic E-state index is 0.414. The molecule has 0 saturated heterocycles. The average molecular weight is 327 g/mol. The number of aromatic nitrogens is 2. The second-order valence-electron chi connectivity index (χ2n) is 5.07. The summed E-state index contributed by atoms with van der Waals surface area (Å²) in [5.74, 6) is 1.07. The molecule has 24 heavy (non-hydrogen) atoms. The summed E-state index contributed by atoms with van der Waals surface area (Å²) in [7, 11) is 4.66. The highest BCUT2D eigenvalue weighted by molar-refractivity contribution is 5.96. The third-order valence-electron chi connectivity index (χ3n) is 3.76. The van der Waals surface area contributed by atoms with Gasteiger partial charge in [0.25, 0.3) is 0 Å². The zero-order valence-corrected chi connectivity index (χ0v) is 13.6. The van der Waals surface area contributed by atoms with Gasteiger partial charge in [-0.05, 0) is 18.2 Å². The van der Waals surface area contributed by atoms with Crippen molar-refractivity contribution in [1.29, 1.82) is 0 Å². The van der Waals surface area contributed by atoms with Crippen molar-refractivity contribution in [2.45, 2.75) is 0 Å². The van der Waals surface area contributed by atoms with Gasteiger partial charge in [-0.1, -0.05) is 0 Å². The fourth-order valence-electron chi connectivity index (χ4n) is 2.57. The zero-order valence-electron chi connectivity index (χ0n) is 13.6. The number of hydrogen-bond donors (Lipinski definition) is 1. The predicted molar refractivity (Wildman–Crippen MR) is 89.2 cm³/mol. The van der Waals surface area contributed by atoms with E-state index in [0.717, 1.165) is 16.7 Å². The van der Waals surface area contributed by atoms with Crippen LogP contribution in [0.3, 0.4) is 0 Å². The van der Waals surface area contributed by atoms with Gasteiger partial charge in [0.15, 0.2) is 11.5 Å². The van der Waals surface area contributed by atoms with E-state index in [1.807, 2.05) is 4.57 Å². The molecule has 0 unspecified atom stereocenters. The Bertz CT molecular complexity index is 892. The van der Waals surface area contributed by atoms with Gasteiger partial charge >= 0.3 is 0 Å². The molecule has 0 fully saturated rings. The maximum atomic E-state index is 11.4. The van der Waals surface area contributed by atoms with E-state index >= 15 is 0 Å². The average Bonchev–Trinajstić information content (AvgIpc) is 3.03. The van der Waals surface area contributed by atoms with E-state index in [4.69, 9.17) is 19.9 Å². The number of hydrogen-bond acceptors (Lipinski definition) is 5. The minimum atomic E-state index is -0.491. The number of benzene rings is 2. The van der Waals surface area contributed by atoms with Crippen LogP contribution in [-0.2, 0) is 0 Å². The fourth-order valence-corrected chi connectivity index (χ4v) is 2.57. The third kappa shape index (κ3) is 2.50. The van der Waals surface area contributed by atoms with Crippen molar-refractivity contribution in [2.75, 3.05) is 21.3 Å². The standard InChI is InChI=1S/C17H17N3O4/c1-22-14-7-11(8-15(23-2)16(14)24-3)20-9-19-12-5-4-10(17(18)21)6-13(12)20/h4-9H,1-3H3,(H2,18,21). The first-order chi connectivity index (χ1) is 11.6. The van der Waals surface area contributed by atoms with Gasteiger partial charge in [-0.2, -0.15) is 0 Å². The number of imidazole rings is 1. The van der Waals surface area contributed by atoms with Crippen molar-refractivity contribution >= 4 is 16.9 Å². The van der Waals surface area contributed by atoms with E-state index in [-0.39, 0.29) is 0 Å². The van der Waals surface area contributed by atoms with Crippen LogP contribution >= 0.6 is 0 Å². The Balaban J connectivity index is 2.23. The Morgan fingerprint density at radius 3 is 2.25 bits per heavy atom. The summed E-state index contributed by atoms with van der Waals surface area (Å²) in [6.07, 6.45) is 1.66. The van der Waals surface area contributed by atoms with Crippen LogP contribution in [0.4, 0.5) is 0 Å². The monoisotopic (exact) mass is 327 g/mol. The topological polar surface area (TPSA) is 88.6 Å². The largest absolute Gasteiger partial charge is 0.493 e. The summed E-state index contributed by atoms with van der Waals surface area (Å²) < 4.78 is 17.9. The van der Waals surface area contributed by atoms with E-state index < -0.39 is 5.91 Å². The Labute approximate surface area is 138 Å². The van der Waals surface area contributed by atoms with Gasteiger partial charge in [0.1, 0.15) is 6.33 Å². The Morgan fingerprint density at radius 2 is 1.71 bits per heavy atom. The molecule has 124 valence electrons. The summed E-state index contributed by atoms with van der Waals surface area (Å²) in [5, 5.41) is 0. The number of primary amides is 1. The highest BCUT2D eigenvalue weighted by atomic mass is 16.5. The van der Waals surface area contributed by atoms with E-state index in [1.54, 1.807) is 58.0 Å². The van der Waals surface area contributed by atoms with E-state index in [0.29, 0.717) is 22.8 Å². The predicted octanol–water partition coefficient (Wildman–Crippen LogP) is 2.15. The number of nitrogens with zero attached hydrogens (tertiary/aromatic N) is 2. The lowest BCUT2D eigenvalue weighted by Gasteiger charge is -2.15. The zero-order chi connectivity index (χ0) is 17.3. The first-order valence-electron chi connectivity index (χ1n) is 7.16. The van der Waals surface area contributed by atoms with Crippen LogP contribution in [0.25, 0.3) is 16.7 Å². The molecule has 7 nitrogen and oxygen atoms in total. The van der Waals surface area contributed by atoms with Gasteiger partial charge in [-0.25, -0.2) is 4.98 Å². The first-order valence-corrected chi connectivity index (χ1v) is 7.16. The number of ether oxygens (including phenoxy) is 3. The number of nitrogens with two attached hydrogens (primary N) is 1. The maximum Gasteiger partial charge on any atom is 0.248 e. The fraction of sp³-hybridized carbons (Fsp3) is 0.176. The molecule has 0 aliphatic heterocycles. The van der Waals surface area contributed by atoms with E-state index in [9.17, 15) is 4.79 Å². The van der Waals surface area contributed by atoms with E-state index in [1.165, 1.54) is 0 Å². The van der Waals surface area contributed by atoms with Gasteiger partial charge < -0.3 is 19.9 Å². The summed E-state index contributed by atoms with van der Waals surface area (Å²) in [6.45, 7) is 0. The van der Waals surface area contributed by atoms with Crippen molar-refractivity contribution in [3.8, 4) is 22.9 Å². The number of carbonyl (C=O) groups is 1. The molecule has 0 aliphatic carbocycles. The van der Waals surface area contributed by atoms with Crippen molar-refractivity contribution in [3.63, 3.8) is 0 Å². The van der Waals surface area contributed by atoms with Crippen LogP contribution in [0.5, 0.6) is 17.2 Å². The molecule has 7 heteroatoms. The lowest BCUT2D eigenvalue weighted by atomic mass is 10.2. The van der Waals surface area contributed by atoms with Crippen LogP contribution < -0.4 is 19.9 Å². The molecule has 0 bridgehead atoms. The molecule has 0 aliphatic rings. The molecule has 3 aromatic rings. The normalized spacial score (nSPS) is 10.6. The number of fused-ring (bicyclic) bond motifs is 1. The van der Waals surface area contributed by atoms with Crippen LogP contribution in [0.1, 0.15) is 10.4 Å². The van der Waals surface area contributed by atoms with Crippen LogP contribution in [0.15, 0.2) is 36.7 Å².